The zero-order valence-corrected chi connectivity index (χ0v) is 14.2. The van der Waals surface area contributed by atoms with Gasteiger partial charge in [-0.05, 0) is 50.6 Å². The molecule has 5 nitrogen and oxygen atoms in total. The van der Waals surface area contributed by atoms with Crippen LogP contribution >= 0.6 is 0 Å². The van der Waals surface area contributed by atoms with Gasteiger partial charge in [0.2, 0.25) is 11.8 Å². The van der Waals surface area contributed by atoms with Gasteiger partial charge in [-0.1, -0.05) is 19.3 Å². The second-order valence-electron chi connectivity index (χ2n) is 7.51. The molecule has 0 bridgehead atoms. The van der Waals surface area contributed by atoms with E-state index in [4.69, 9.17) is 0 Å². The molecule has 2 atom stereocenters. The van der Waals surface area contributed by atoms with Gasteiger partial charge < -0.3 is 15.5 Å². The number of hydrogen-bond donors (Lipinski definition) is 2. The minimum Gasteiger partial charge on any atom is -0.355 e. The molecule has 1 aliphatic carbocycles. The van der Waals surface area contributed by atoms with Crippen LogP contribution in [-0.4, -0.2) is 49.4 Å². The number of carbonyl (C=O) groups excluding carboxylic acids is 2. The van der Waals surface area contributed by atoms with Gasteiger partial charge in [0.15, 0.2) is 0 Å². The Bertz CT molecular complexity index is 406. The summed E-state index contributed by atoms with van der Waals surface area (Å²) >= 11 is 0. The zero-order chi connectivity index (χ0) is 16.1. The average Bonchev–Trinajstić information content (AvgIpc) is 2.93. The predicted octanol–water partition coefficient (Wildman–Crippen LogP) is 1.53. The molecule has 0 unspecified atom stereocenters. The number of carbonyl (C=O) groups is 2. The predicted molar refractivity (Wildman–Crippen MR) is 89.9 cm³/mol. The number of amides is 2. The maximum Gasteiger partial charge on any atom is 0.224 e. The third-order valence-electron chi connectivity index (χ3n) is 5.99. The molecule has 3 fully saturated rings. The Morgan fingerprint density at radius 3 is 2.26 bits per heavy atom. The van der Waals surface area contributed by atoms with Crippen LogP contribution < -0.4 is 10.6 Å². The summed E-state index contributed by atoms with van der Waals surface area (Å²) in [7, 11) is 0. The Morgan fingerprint density at radius 1 is 0.957 bits per heavy atom. The standard InChI is InChI=1S/C18H31N3O2/c22-17(6-9-20-18(23)14-4-2-1-3-5-14)21-10-7-15-12-19-13-16(15)8-11-21/h14-16,19H,1-13H2,(H,20,23)/t15-,16+. The summed E-state index contributed by atoms with van der Waals surface area (Å²) < 4.78 is 0. The first-order valence-corrected chi connectivity index (χ1v) is 9.50. The summed E-state index contributed by atoms with van der Waals surface area (Å²) in [5.41, 5.74) is 0. The highest BCUT2D eigenvalue weighted by molar-refractivity contribution is 5.80. The molecule has 0 aromatic carbocycles. The van der Waals surface area contributed by atoms with Crippen molar-refractivity contribution in [3.05, 3.63) is 0 Å². The van der Waals surface area contributed by atoms with Gasteiger partial charge in [-0.3, -0.25) is 9.59 Å². The van der Waals surface area contributed by atoms with E-state index in [1.807, 2.05) is 4.90 Å². The molecule has 2 N–H and O–H groups in total. The van der Waals surface area contributed by atoms with E-state index in [0.29, 0.717) is 13.0 Å². The fourth-order valence-electron chi connectivity index (χ4n) is 4.43. The minimum absolute atomic E-state index is 0.161. The van der Waals surface area contributed by atoms with E-state index in [0.717, 1.165) is 63.7 Å². The van der Waals surface area contributed by atoms with Crippen molar-refractivity contribution in [1.29, 1.82) is 0 Å². The lowest BCUT2D eigenvalue weighted by atomic mass is 9.89. The van der Waals surface area contributed by atoms with Crippen molar-refractivity contribution < 1.29 is 9.59 Å². The second-order valence-corrected chi connectivity index (χ2v) is 7.51. The molecule has 2 heterocycles. The Morgan fingerprint density at radius 2 is 1.61 bits per heavy atom. The summed E-state index contributed by atoms with van der Waals surface area (Å²) in [4.78, 5) is 26.5. The smallest absolute Gasteiger partial charge is 0.224 e. The molecule has 3 aliphatic rings. The largest absolute Gasteiger partial charge is 0.355 e. The summed E-state index contributed by atoms with van der Waals surface area (Å²) in [6, 6.07) is 0. The van der Waals surface area contributed by atoms with Gasteiger partial charge in [-0.25, -0.2) is 0 Å². The van der Waals surface area contributed by atoms with Crippen molar-refractivity contribution in [2.75, 3.05) is 32.7 Å². The van der Waals surface area contributed by atoms with Crippen molar-refractivity contribution in [2.24, 2.45) is 17.8 Å². The third kappa shape index (κ3) is 4.46. The first-order valence-electron chi connectivity index (χ1n) is 9.50. The van der Waals surface area contributed by atoms with Crippen molar-refractivity contribution in [1.82, 2.24) is 15.5 Å². The monoisotopic (exact) mass is 321 g/mol. The van der Waals surface area contributed by atoms with Crippen molar-refractivity contribution in [2.45, 2.75) is 51.4 Å². The van der Waals surface area contributed by atoms with Gasteiger partial charge in [0.25, 0.3) is 0 Å². The molecule has 0 spiro atoms. The van der Waals surface area contributed by atoms with Gasteiger partial charge in [-0.2, -0.15) is 0 Å². The summed E-state index contributed by atoms with van der Waals surface area (Å²) in [6.45, 7) is 4.50. The molecular formula is C18H31N3O2. The van der Waals surface area contributed by atoms with E-state index in [-0.39, 0.29) is 17.7 Å². The third-order valence-corrected chi connectivity index (χ3v) is 5.99. The lowest BCUT2D eigenvalue weighted by molar-refractivity contribution is -0.131. The molecule has 5 heteroatoms. The molecule has 0 aromatic rings. The van der Waals surface area contributed by atoms with Gasteiger partial charge in [0.05, 0.1) is 0 Å². The molecule has 130 valence electrons. The molecule has 1 saturated carbocycles. The highest BCUT2D eigenvalue weighted by Crippen LogP contribution is 2.27. The Balaban J connectivity index is 1.36. The highest BCUT2D eigenvalue weighted by Gasteiger charge is 2.31. The molecule has 3 rings (SSSR count). The maximum absolute atomic E-state index is 12.4. The highest BCUT2D eigenvalue weighted by atomic mass is 16.2. The number of rotatable bonds is 4. The molecule has 2 saturated heterocycles. The van der Waals surface area contributed by atoms with Crippen LogP contribution in [0.25, 0.3) is 0 Å². The first-order chi connectivity index (χ1) is 11.2. The van der Waals surface area contributed by atoms with Crippen molar-refractivity contribution in [3.8, 4) is 0 Å². The van der Waals surface area contributed by atoms with Crippen LogP contribution in [0.1, 0.15) is 51.4 Å². The van der Waals surface area contributed by atoms with E-state index in [2.05, 4.69) is 10.6 Å². The van der Waals surface area contributed by atoms with Gasteiger partial charge in [0, 0.05) is 32.0 Å². The van der Waals surface area contributed by atoms with Crippen LogP contribution in [-0.2, 0) is 9.59 Å². The second kappa shape index (κ2) is 8.13. The quantitative estimate of drug-likeness (QED) is 0.825. The molecular weight excluding hydrogens is 290 g/mol. The van der Waals surface area contributed by atoms with Crippen LogP contribution in [0.4, 0.5) is 0 Å². The van der Waals surface area contributed by atoms with Crippen molar-refractivity contribution in [3.63, 3.8) is 0 Å². The van der Waals surface area contributed by atoms with E-state index in [1.165, 1.54) is 19.3 Å². The maximum atomic E-state index is 12.4. The molecule has 0 aromatic heterocycles. The van der Waals surface area contributed by atoms with E-state index in [1.54, 1.807) is 0 Å². The fraction of sp³-hybridized carbons (Fsp3) is 0.889. The SMILES string of the molecule is O=C(NCCC(=O)N1CC[C@@H]2CNC[C@@H]2CC1)C1CCCCC1. The van der Waals surface area contributed by atoms with Gasteiger partial charge in [-0.15, -0.1) is 0 Å². The molecule has 2 amide bonds. The van der Waals surface area contributed by atoms with Gasteiger partial charge >= 0.3 is 0 Å². The minimum atomic E-state index is 0.161. The lowest BCUT2D eigenvalue weighted by Crippen LogP contribution is -2.37. The number of nitrogens with zero attached hydrogens (tertiary/aromatic N) is 1. The van der Waals surface area contributed by atoms with E-state index < -0.39 is 0 Å². The Labute approximate surface area is 139 Å². The Hall–Kier alpha value is -1.10. The van der Waals surface area contributed by atoms with Crippen molar-refractivity contribution >= 4 is 11.8 Å². The number of hydrogen-bond acceptors (Lipinski definition) is 3. The Kier molecular flexibility index (Phi) is 5.92. The van der Waals surface area contributed by atoms with Crippen LogP contribution in [0.5, 0.6) is 0 Å². The van der Waals surface area contributed by atoms with Crippen LogP contribution in [0.3, 0.4) is 0 Å². The number of nitrogens with one attached hydrogen (secondary N) is 2. The van der Waals surface area contributed by atoms with Gasteiger partial charge in [0.1, 0.15) is 0 Å². The molecule has 2 aliphatic heterocycles. The first kappa shape index (κ1) is 16.7. The van der Waals surface area contributed by atoms with Crippen LogP contribution in [0.2, 0.25) is 0 Å². The summed E-state index contributed by atoms with van der Waals surface area (Å²) in [6.07, 6.45) is 8.33. The zero-order valence-electron chi connectivity index (χ0n) is 14.2. The van der Waals surface area contributed by atoms with E-state index in [9.17, 15) is 9.59 Å². The summed E-state index contributed by atoms with van der Waals surface area (Å²) in [5, 5.41) is 6.44. The number of fused-ring (bicyclic) bond motifs is 1. The lowest BCUT2D eigenvalue weighted by Gasteiger charge is -2.22. The number of likely N-dealkylation sites (tertiary alicyclic amines) is 1. The van der Waals surface area contributed by atoms with Crippen LogP contribution in [0, 0.1) is 17.8 Å². The normalized spacial score (nSPS) is 29.0. The fourth-order valence-corrected chi connectivity index (χ4v) is 4.43. The topological polar surface area (TPSA) is 61.4 Å². The summed E-state index contributed by atoms with van der Waals surface area (Å²) in [5.74, 6) is 2.05. The van der Waals surface area contributed by atoms with E-state index >= 15 is 0 Å². The molecule has 0 radical (unpaired) electrons. The average molecular weight is 321 g/mol. The van der Waals surface area contributed by atoms with Crippen LogP contribution in [0.15, 0.2) is 0 Å². The molecule has 23 heavy (non-hydrogen) atoms.